The fourth-order valence-electron chi connectivity index (χ4n) is 4.02. The molecule has 0 aromatic heterocycles. The predicted octanol–water partition coefficient (Wildman–Crippen LogP) is -3.28. The summed E-state index contributed by atoms with van der Waals surface area (Å²) in [5.41, 5.74) is -2.00. The van der Waals surface area contributed by atoms with E-state index >= 15 is 0 Å². The molecule has 1 saturated carbocycles. The van der Waals surface area contributed by atoms with Crippen molar-refractivity contribution >= 4 is 17.7 Å². The van der Waals surface area contributed by atoms with Gasteiger partial charge in [-0.25, -0.2) is 0 Å². The van der Waals surface area contributed by atoms with Gasteiger partial charge in [-0.3, -0.25) is 14.4 Å². The van der Waals surface area contributed by atoms with E-state index < -0.39 is 35.8 Å². The third kappa shape index (κ3) is 5.88. The summed E-state index contributed by atoms with van der Waals surface area (Å²) in [5.74, 6) is -1.14. The van der Waals surface area contributed by atoms with Gasteiger partial charge in [0.05, 0.1) is 19.2 Å². The summed E-state index contributed by atoms with van der Waals surface area (Å²) in [6, 6.07) is -2.12. The lowest BCUT2D eigenvalue weighted by Gasteiger charge is -2.42. The van der Waals surface area contributed by atoms with Crippen LogP contribution in [0.3, 0.4) is 0 Å². The van der Waals surface area contributed by atoms with Gasteiger partial charge in [-0.15, -0.1) is 0 Å². The summed E-state index contributed by atoms with van der Waals surface area (Å²) in [6.45, 7) is 4.53. The zero-order valence-electron chi connectivity index (χ0n) is 17.4. The number of hydrogen-bond acceptors (Lipinski definition) is 6. The summed E-state index contributed by atoms with van der Waals surface area (Å²) in [4.78, 5) is 37.2. The minimum absolute atomic E-state index is 0.255. The SMILES string of the molecule is C[NH2+][C@@H](CC(C)C)C(=O)N[C@H]1C[C@@](O)(C(=O)N[C@H]2CCCNC2=O)C[C@@H](O)[C@@H]1O. The molecule has 8 N–H and O–H groups in total. The van der Waals surface area contributed by atoms with Crippen LogP contribution in [0.1, 0.15) is 46.0 Å². The first-order valence-electron chi connectivity index (χ1n) is 10.3. The molecule has 1 heterocycles. The van der Waals surface area contributed by atoms with E-state index in [1.165, 1.54) is 0 Å². The van der Waals surface area contributed by atoms with E-state index in [0.29, 0.717) is 25.8 Å². The van der Waals surface area contributed by atoms with Gasteiger partial charge in [0.2, 0.25) is 5.91 Å². The summed E-state index contributed by atoms with van der Waals surface area (Å²) in [6.07, 6.45) is -1.54. The first kappa shape index (κ1) is 23.5. The van der Waals surface area contributed by atoms with E-state index in [4.69, 9.17) is 0 Å². The van der Waals surface area contributed by atoms with E-state index in [2.05, 4.69) is 16.0 Å². The Hall–Kier alpha value is -1.75. The number of nitrogens with two attached hydrogens (primary N) is 1. The zero-order chi connectivity index (χ0) is 21.8. The van der Waals surface area contributed by atoms with Gasteiger partial charge < -0.3 is 36.6 Å². The van der Waals surface area contributed by atoms with Crippen LogP contribution in [0.25, 0.3) is 0 Å². The molecule has 10 heteroatoms. The number of aliphatic hydroxyl groups is 3. The van der Waals surface area contributed by atoms with Gasteiger partial charge in [-0.2, -0.15) is 0 Å². The number of aliphatic hydroxyl groups excluding tert-OH is 2. The van der Waals surface area contributed by atoms with Gasteiger partial charge in [0, 0.05) is 25.8 Å². The smallest absolute Gasteiger partial charge is 0.278 e. The van der Waals surface area contributed by atoms with Crippen molar-refractivity contribution in [3.63, 3.8) is 0 Å². The average molecular weight is 416 g/mol. The summed E-state index contributed by atoms with van der Waals surface area (Å²) in [7, 11) is 1.78. The molecule has 2 fully saturated rings. The zero-order valence-corrected chi connectivity index (χ0v) is 17.4. The van der Waals surface area contributed by atoms with Crippen molar-refractivity contribution in [3.05, 3.63) is 0 Å². The van der Waals surface area contributed by atoms with Gasteiger partial charge >= 0.3 is 0 Å². The Morgan fingerprint density at radius 2 is 1.97 bits per heavy atom. The Kier molecular flexibility index (Phi) is 7.98. The maximum Gasteiger partial charge on any atom is 0.278 e. The van der Waals surface area contributed by atoms with Crippen LogP contribution in [0.4, 0.5) is 0 Å². The molecule has 0 spiro atoms. The van der Waals surface area contributed by atoms with Crippen LogP contribution in [-0.4, -0.2) is 82.6 Å². The predicted molar refractivity (Wildman–Crippen MR) is 103 cm³/mol. The van der Waals surface area contributed by atoms with Crippen LogP contribution >= 0.6 is 0 Å². The Morgan fingerprint density at radius 3 is 2.55 bits per heavy atom. The van der Waals surface area contributed by atoms with E-state index in [9.17, 15) is 29.7 Å². The second kappa shape index (κ2) is 9.84. The molecule has 1 aliphatic heterocycles. The fourth-order valence-corrected chi connectivity index (χ4v) is 4.02. The Morgan fingerprint density at radius 1 is 1.28 bits per heavy atom. The number of carbonyl (C=O) groups excluding carboxylic acids is 3. The molecular weight excluding hydrogens is 380 g/mol. The minimum atomic E-state index is -2.00. The normalized spacial score (nSPS) is 33.7. The van der Waals surface area contributed by atoms with Crippen molar-refractivity contribution in [2.24, 2.45) is 5.92 Å². The molecule has 2 rings (SSSR count). The van der Waals surface area contributed by atoms with Crippen molar-refractivity contribution in [2.75, 3.05) is 13.6 Å². The molecule has 1 aliphatic carbocycles. The van der Waals surface area contributed by atoms with E-state index in [0.717, 1.165) is 0 Å². The number of nitrogens with one attached hydrogen (secondary N) is 3. The lowest BCUT2D eigenvalue weighted by molar-refractivity contribution is -0.651. The number of carbonyl (C=O) groups is 3. The highest BCUT2D eigenvalue weighted by Gasteiger charge is 2.50. The molecule has 0 aromatic carbocycles. The van der Waals surface area contributed by atoms with Crippen LogP contribution in [0.5, 0.6) is 0 Å². The van der Waals surface area contributed by atoms with Crippen LogP contribution in [0.2, 0.25) is 0 Å². The molecule has 29 heavy (non-hydrogen) atoms. The van der Waals surface area contributed by atoms with Gasteiger partial charge in [0.1, 0.15) is 17.7 Å². The number of piperidine rings is 1. The second-order valence-corrected chi connectivity index (χ2v) is 8.64. The largest absolute Gasteiger partial charge is 0.390 e. The van der Waals surface area contributed by atoms with Gasteiger partial charge in [0.25, 0.3) is 11.8 Å². The van der Waals surface area contributed by atoms with Crippen LogP contribution < -0.4 is 21.3 Å². The van der Waals surface area contributed by atoms with Gasteiger partial charge in [0.15, 0.2) is 6.04 Å². The highest BCUT2D eigenvalue weighted by molar-refractivity contribution is 5.92. The molecule has 2 aliphatic rings. The third-order valence-corrected chi connectivity index (χ3v) is 5.72. The number of quaternary nitrogens is 1. The maximum absolute atomic E-state index is 12.7. The summed E-state index contributed by atoms with van der Waals surface area (Å²) >= 11 is 0. The van der Waals surface area contributed by atoms with Gasteiger partial charge in [-0.05, 0) is 18.8 Å². The highest BCUT2D eigenvalue weighted by atomic mass is 16.3. The molecular formula is C19H35N4O6+. The molecule has 0 aromatic rings. The first-order chi connectivity index (χ1) is 13.6. The number of likely N-dealkylation sites (N-methyl/N-ethyl adjacent to an activating group) is 1. The molecule has 6 atom stereocenters. The molecule has 0 unspecified atom stereocenters. The van der Waals surface area contributed by atoms with E-state index in [1.54, 1.807) is 12.4 Å². The van der Waals surface area contributed by atoms with Crippen molar-refractivity contribution in [2.45, 2.75) is 81.9 Å². The van der Waals surface area contributed by atoms with Gasteiger partial charge in [-0.1, -0.05) is 13.8 Å². The van der Waals surface area contributed by atoms with Crippen molar-refractivity contribution in [1.82, 2.24) is 16.0 Å². The lowest BCUT2D eigenvalue weighted by atomic mass is 9.77. The molecule has 3 amide bonds. The second-order valence-electron chi connectivity index (χ2n) is 8.64. The summed E-state index contributed by atoms with van der Waals surface area (Å²) < 4.78 is 0. The maximum atomic E-state index is 12.7. The monoisotopic (exact) mass is 415 g/mol. The number of rotatable bonds is 7. The Balaban J connectivity index is 2.07. The lowest BCUT2D eigenvalue weighted by Crippen LogP contribution is -2.89. The molecule has 10 nitrogen and oxygen atoms in total. The Bertz CT molecular complexity index is 616. The quantitative estimate of drug-likeness (QED) is 0.230. The van der Waals surface area contributed by atoms with Crippen LogP contribution in [0.15, 0.2) is 0 Å². The van der Waals surface area contributed by atoms with Crippen molar-refractivity contribution < 1.29 is 35.0 Å². The average Bonchev–Trinajstić information content (AvgIpc) is 2.65. The first-order valence-corrected chi connectivity index (χ1v) is 10.3. The minimum Gasteiger partial charge on any atom is -0.390 e. The van der Waals surface area contributed by atoms with Crippen LogP contribution in [0, 0.1) is 5.92 Å². The van der Waals surface area contributed by atoms with E-state index in [-0.39, 0.29) is 36.6 Å². The third-order valence-electron chi connectivity index (χ3n) is 5.72. The Labute approximate surface area is 170 Å². The topological polar surface area (TPSA) is 165 Å². The molecule has 0 radical (unpaired) electrons. The summed E-state index contributed by atoms with van der Waals surface area (Å²) in [5, 5.41) is 41.1. The molecule has 166 valence electrons. The molecule has 1 saturated heterocycles. The van der Waals surface area contributed by atoms with E-state index in [1.807, 2.05) is 13.8 Å². The number of hydrogen-bond donors (Lipinski definition) is 7. The highest BCUT2D eigenvalue weighted by Crippen LogP contribution is 2.30. The number of amides is 3. The van der Waals surface area contributed by atoms with Crippen LogP contribution in [-0.2, 0) is 14.4 Å². The molecule has 0 bridgehead atoms. The van der Waals surface area contributed by atoms with Crippen molar-refractivity contribution in [1.29, 1.82) is 0 Å². The standard InChI is InChI=1S/C19H34N4O6/c1-10(2)7-12(20-3)17(27)22-13-8-19(29,9-14(24)15(13)25)18(28)23-11-5-4-6-21-16(11)26/h10-15,20,24-25,29H,4-9H2,1-3H3,(H,21,26)(H,22,27)(H,23,28)/p+1/t11-,12-,13-,14+,15+,19-/m0/s1. The van der Waals surface area contributed by atoms with Crippen molar-refractivity contribution in [3.8, 4) is 0 Å². The fraction of sp³-hybridized carbons (Fsp3) is 0.842.